The third-order valence-corrected chi connectivity index (χ3v) is 3.00. The van der Waals surface area contributed by atoms with Crippen LogP contribution < -0.4 is 15.3 Å². The Labute approximate surface area is 137 Å². The molecule has 2 aromatic carbocycles. The Morgan fingerprint density at radius 1 is 1.29 bits per heavy atom. The van der Waals surface area contributed by atoms with Gasteiger partial charge in [-0.3, -0.25) is 14.9 Å². The summed E-state index contributed by atoms with van der Waals surface area (Å²) < 4.78 is 5.27. The van der Waals surface area contributed by atoms with E-state index >= 15 is 0 Å². The van der Waals surface area contributed by atoms with Crippen LogP contribution in [0.1, 0.15) is 22.8 Å². The number of ether oxygens (including phenoxy) is 1. The summed E-state index contributed by atoms with van der Waals surface area (Å²) in [4.78, 5) is 22.0. The molecule has 0 aliphatic carbocycles. The second-order valence-corrected chi connectivity index (χ2v) is 4.64. The largest absolute Gasteiger partial charge is 0.872 e. The molecule has 0 radical (unpaired) electrons. The van der Waals surface area contributed by atoms with Crippen molar-refractivity contribution in [2.24, 2.45) is 5.10 Å². The number of carbonyl (C=O) groups excluding carboxylic acids is 1. The van der Waals surface area contributed by atoms with E-state index in [4.69, 9.17) is 4.74 Å². The fourth-order valence-electron chi connectivity index (χ4n) is 1.84. The predicted molar refractivity (Wildman–Crippen MR) is 85.2 cm³/mol. The smallest absolute Gasteiger partial charge is 0.271 e. The molecule has 0 fully saturated rings. The van der Waals surface area contributed by atoms with Gasteiger partial charge < -0.3 is 9.84 Å². The molecule has 0 aromatic heterocycles. The molecule has 0 aliphatic heterocycles. The average molecular weight is 328 g/mol. The van der Waals surface area contributed by atoms with E-state index in [1.54, 1.807) is 24.3 Å². The van der Waals surface area contributed by atoms with Crippen molar-refractivity contribution in [2.45, 2.75) is 6.92 Å². The third kappa shape index (κ3) is 4.29. The van der Waals surface area contributed by atoms with E-state index in [2.05, 4.69) is 10.5 Å². The maximum atomic E-state index is 11.9. The van der Waals surface area contributed by atoms with Gasteiger partial charge in [0.1, 0.15) is 5.75 Å². The lowest BCUT2D eigenvalue weighted by Crippen LogP contribution is -2.17. The highest BCUT2D eigenvalue weighted by molar-refractivity contribution is 5.95. The Kier molecular flexibility index (Phi) is 5.45. The SMILES string of the molecule is CCOc1ccc(C(=O)N/N=C\c2cc([N+](=O)[O-])ccc2[O-])cc1. The van der Waals surface area contributed by atoms with E-state index in [1.807, 2.05) is 6.92 Å². The van der Waals surface area contributed by atoms with E-state index in [9.17, 15) is 20.0 Å². The van der Waals surface area contributed by atoms with Crippen LogP contribution >= 0.6 is 0 Å². The molecule has 1 amide bonds. The standard InChI is InChI=1S/C16H15N3O5/c1-2-24-14-6-3-11(4-7-14)16(21)18-17-10-12-9-13(19(22)23)5-8-15(12)20/h3-10,20H,2H2,1H3,(H,18,21)/p-1/b17-10-. The van der Waals surface area contributed by atoms with E-state index in [0.717, 1.165) is 24.4 Å². The molecule has 24 heavy (non-hydrogen) atoms. The van der Waals surface area contributed by atoms with Gasteiger partial charge in [0.2, 0.25) is 0 Å². The number of hydrazone groups is 1. The van der Waals surface area contributed by atoms with Crippen molar-refractivity contribution in [3.63, 3.8) is 0 Å². The first-order valence-electron chi connectivity index (χ1n) is 7.03. The Hall–Kier alpha value is -3.42. The van der Waals surface area contributed by atoms with Crippen LogP contribution in [0.15, 0.2) is 47.6 Å². The molecule has 0 saturated carbocycles. The fourth-order valence-corrected chi connectivity index (χ4v) is 1.84. The minimum Gasteiger partial charge on any atom is -0.872 e. The lowest BCUT2D eigenvalue weighted by atomic mass is 10.2. The molecule has 0 aliphatic rings. The molecule has 0 bridgehead atoms. The van der Waals surface area contributed by atoms with Crippen LogP contribution in [-0.4, -0.2) is 23.7 Å². The van der Waals surface area contributed by atoms with Gasteiger partial charge in [0.15, 0.2) is 0 Å². The molecule has 8 nitrogen and oxygen atoms in total. The van der Waals surface area contributed by atoms with Gasteiger partial charge in [0, 0.05) is 17.7 Å². The first-order valence-corrected chi connectivity index (χ1v) is 7.03. The third-order valence-electron chi connectivity index (χ3n) is 3.00. The second-order valence-electron chi connectivity index (χ2n) is 4.64. The van der Waals surface area contributed by atoms with Crippen LogP contribution in [0.2, 0.25) is 0 Å². The van der Waals surface area contributed by atoms with Gasteiger partial charge in [0.25, 0.3) is 11.6 Å². The summed E-state index contributed by atoms with van der Waals surface area (Å²) in [5, 5.41) is 25.9. The number of nitrogens with zero attached hydrogens (tertiary/aromatic N) is 2. The summed E-state index contributed by atoms with van der Waals surface area (Å²) in [5.41, 5.74) is 2.40. The number of amides is 1. The average Bonchev–Trinajstić information content (AvgIpc) is 2.57. The first kappa shape index (κ1) is 16.9. The Morgan fingerprint density at radius 3 is 2.62 bits per heavy atom. The number of hydrogen-bond donors (Lipinski definition) is 1. The summed E-state index contributed by atoms with van der Waals surface area (Å²) in [7, 11) is 0. The molecular weight excluding hydrogens is 314 g/mol. The summed E-state index contributed by atoms with van der Waals surface area (Å²) >= 11 is 0. The minimum absolute atomic E-state index is 0.0104. The molecule has 0 saturated heterocycles. The van der Waals surface area contributed by atoms with E-state index in [-0.39, 0.29) is 11.3 Å². The van der Waals surface area contributed by atoms with Gasteiger partial charge in [-0.2, -0.15) is 5.10 Å². The monoisotopic (exact) mass is 328 g/mol. The quantitative estimate of drug-likeness (QED) is 0.493. The maximum absolute atomic E-state index is 11.9. The normalized spacial score (nSPS) is 10.5. The molecule has 0 atom stereocenters. The van der Waals surface area contributed by atoms with Crippen molar-refractivity contribution in [1.82, 2.24) is 5.43 Å². The highest BCUT2D eigenvalue weighted by Gasteiger charge is 2.06. The highest BCUT2D eigenvalue weighted by atomic mass is 16.6. The molecule has 124 valence electrons. The molecule has 0 spiro atoms. The number of carbonyl (C=O) groups is 1. The van der Waals surface area contributed by atoms with Gasteiger partial charge in [-0.25, -0.2) is 5.43 Å². The van der Waals surface area contributed by atoms with Crippen molar-refractivity contribution in [2.75, 3.05) is 6.61 Å². The first-order chi connectivity index (χ1) is 11.5. The van der Waals surface area contributed by atoms with Gasteiger partial charge in [-0.1, -0.05) is 11.8 Å². The van der Waals surface area contributed by atoms with Crippen LogP contribution in [0.3, 0.4) is 0 Å². The van der Waals surface area contributed by atoms with Crippen molar-refractivity contribution >= 4 is 17.8 Å². The Morgan fingerprint density at radius 2 is 2.00 bits per heavy atom. The van der Waals surface area contributed by atoms with E-state index in [0.29, 0.717) is 17.9 Å². The molecule has 0 heterocycles. The molecule has 0 unspecified atom stereocenters. The number of nitro groups is 1. The van der Waals surface area contributed by atoms with Gasteiger partial charge in [0.05, 0.1) is 17.7 Å². The summed E-state index contributed by atoms with van der Waals surface area (Å²) in [6.07, 6.45) is 1.07. The molecule has 1 N–H and O–H groups in total. The summed E-state index contributed by atoms with van der Waals surface area (Å²) in [6, 6.07) is 9.72. The van der Waals surface area contributed by atoms with Gasteiger partial charge >= 0.3 is 0 Å². The summed E-state index contributed by atoms with van der Waals surface area (Å²) in [6.45, 7) is 2.38. The number of rotatable bonds is 6. The van der Waals surface area contributed by atoms with E-state index in [1.165, 1.54) is 0 Å². The molecule has 2 rings (SSSR count). The minimum atomic E-state index is -0.616. The Bertz CT molecular complexity index is 772. The summed E-state index contributed by atoms with van der Waals surface area (Å²) in [5.74, 6) is -0.267. The zero-order valence-electron chi connectivity index (χ0n) is 12.8. The van der Waals surface area contributed by atoms with Crippen molar-refractivity contribution in [1.29, 1.82) is 0 Å². The highest BCUT2D eigenvalue weighted by Crippen LogP contribution is 2.19. The number of nitro benzene ring substituents is 1. The lowest BCUT2D eigenvalue weighted by molar-refractivity contribution is -0.385. The Balaban J connectivity index is 2.04. The van der Waals surface area contributed by atoms with Crippen LogP contribution in [0.5, 0.6) is 11.5 Å². The topological polar surface area (TPSA) is 117 Å². The van der Waals surface area contributed by atoms with Crippen molar-refractivity contribution in [3.05, 3.63) is 63.7 Å². The van der Waals surface area contributed by atoms with Crippen molar-refractivity contribution < 1.29 is 19.6 Å². The zero-order chi connectivity index (χ0) is 17.5. The number of hydrogen-bond acceptors (Lipinski definition) is 6. The maximum Gasteiger partial charge on any atom is 0.271 e. The van der Waals surface area contributed by atoms with Crippen LogP contribution in [0.4, 0.5) is 5.69 Å². The van der Waals surface area contributed by atoms with E-state index < -0.39 is 16.6 Å². The number of nitrogens with one attached hydrogen (secondary N) is 1. The number of benzene rings is 2. The zero-order valence-corrected chi connectivity index (χ0v) is 12.8. The second kappa shape index (κ2) is 7.73. The molecule has 2 aromatic rings. The fraction of sp³-hybridized carbons (Fsp3) is 0.125. The molecule has 8 heteroatoms. The van der Waals surface area contributed by atoms with Crippen LogP contribution in [0.25, 0.3) is 0 Å². The van der Waals surface area contributed by atoms with Gasteiger partial charge in [-0.15, -0.1) is 0 Å². The predicted octanol–water partition coefficient (Wildman–Crippen LogP) is 1.83. The molecular formula is C16H14N3O5-. The van der Waals surface area contributed by atoms with Crippen molar-refractivity contribution in [3.8, 4) is 11.5 Å². The van der Waals surface area contributed by atoms with Crippen LogP contribution in [0, 0.1) is 10.1 Å². The lowest BCUT2D eigenvalue weighted by Gasteiger charge is -2.08. The number of non-ortho nitro benzene ring substituents is 1. The van der Waals surface area contributed by atoms with Gasteiger partial charge in [-0.05, 0) is 36.8 Å². The van der Waals surface area contributed by atoms with Crippen LogP contribution in [-0.2, 0) is 0 Å².